The van der Waals surface area contributed by atoms with Gasteiger partial charge in [0.05, 0.1) is 17.7 Å². The Morgan fingerprint density at radius 3 is 2.38 bits per heavy atom. The number of hydrogen-bond acceptors (Lipinski definition) is 5. The summed E-state index contributed by atoms with van der Waals surface area (Å²) in [4.78, 5) is 12.7. The molecule has 0 aromatic heterocycles. The highest BCUT2D eigenvalue weighted by molar-refractivity contribution is 7.89. The van der Waals surface area contributed by atoms with Crippen LogP contribution in [0.1, 0.15) is 11.1 Å². The lowest BCUT2D eigenvalue weighted by Gasteiger charge is -2.22. The van der Waals surface area contributed by atoms with E-state index < -0.39 is 22.5 Å². The Bertz CT molecular complexity index is 1590. The minimum atomic E-state index is -4.12. The number of amides is 1. The van der Waals surface area contributed by atoms with Gasteiger partial charge in [0, 0.05) is 27.2 Å². The molecule has 7 nitrogen and oxygen atoms in total. The third-order valence-electron chi connectivity index (χ3n) is 5.46. The molecular weight excluding hydrogens is 557 g/mol. The molecule has 0 fully saturated rings. The number of phenols is 1. The number of rotatable bonds is 8. The lowest BCUT2D eigenvalue weighted by Crippen LogP contribution is -2.39. The first-order valence-corrected chi connectivity index (χ1v) is 13.4. The molecule has 190 valence electrons. The molecule has 0 spiro atoms. The number of hydrogen-bond donors (Lipinski definition) is 2. The van der Waals surface area contributed by atoms with Crippen LogP contribution in [0.2, 0.25) is 15.1 Å². The SMILES string of the molecule is O=C(CN(Cc1ccc(Cl)cc1Cl)S(=O)(=O)c1ccc(Cl)cc1)N/N=C\c1c(O)ccc2ccccc12. The van der Waals surface area contributed by atoms with Gasteiger partial charge in [-0.1, -0.05) is 71.2 Å². The fourth-order valence-corrected chi connectivity index (χ4v) is 5.57. The third-order valence-corrected chi connectivity index (χ3v) is 8.11. The van der Waals surface area contributed by atoms with Gasteiger partial charge in [-0.2, -0.15) is 9.41 Å². The summed E-state index contributed by atoms with van der Waals surface area (Å²) in [5.74, 6) is -0.709. The number of aromatic hydroxyl groups is 1. The molecule has 4 aromatic rings. The molecule has 0 saturated heterocycles. The highest BCUT2D eigenvalue weighted by Gasteiger charge is 2.27. The van der Waals surface area contributed by atoms with Crippen molar-refractivity contribution in [2.45, 2.75) is 11.4 Å². The van der Waals surface area contributed by atoms with Gasteiger partial charge in [-0.25, -0.2) is 13.8 Å². The monoisotopic (exact) mass is 575 g/mol. The molecular formula is C26H20Cl3N3O4S. The molecule has 0 aliphatic rings. The Morgan fingerprint density at radius 1 is 0.946 bits per heavy atom. The average molecular weight is 577 g/mol. The summed E-state index contributed by atoms with van der Waals surface area (Å²) in [5.41, 5.74) is 3.21. The Kier molecular flexibility index (Phi) is 8.36. The molecule has 1 amide bonds. The number of halogens is 3. The van der Waals surface area contributed by atoms with Crippen molar-refractivity contribution in [3.8, 4) is 5.75 Å². The van der Waals surface area contributed by atoms with Crippen molar-refractivity contribution in [2.75, 3.05) is 6.54 Å². The van der Waals surface area contributed by atoms with Crippen molar-refractivity contribution in [1.82, 2.24) is 9.73 Å². The zero-order chi connectivity index (χ0) is 26.6. The topological polar surface area (TPSA) is 99.1 Å². The van der Waals surface area contributed by atoms with Crippen molar-refractivity contribution < 1.29 is 18.3 Å². The lowest BCUT2D eigenvalue weighted by atomic mass is 10.0. The van der Waals surface area contributed by atoms with Crippen molar-refractivity contribution in [1.29, 1.82) is 0 Å². The number of fused-ring (bicyclic) bond motifs is 1. The molecule has 4 rings (SSSR count). The van der Waals surface area contributed by atoms with Gasteiger partial charge in [0.25, 0.3) is 5.91 Å². The van der Waals surface area contributed by atoms with Gasteiger partial charge in [-0.3, -0.25) is 4.79 Å². The molecule has 0 radical (unpaired) electrons. The maximum absolute atomic E-state index is 13.4. The zero-order valence-electron chi connectivity index (χ0n) is 19.1. The fourth-order valence-electron chi connectivity index (χ4n) is 3.61. The number of hydrazone groups is 1. The van der Waals surface area contributed by atoms with E-state index in [2.05, 4.69) is 10.5 Å². The predicted octanol–water partition coefficient (Wildman–Crippen LogP) is 5.85. The molecule has 0 heterocycles. The molecule has 0 aliphatic heterocycles. The average Bonchev–Trinajstić information content (AvgIpc) is 2.86. The van der Waals surface area contributed by atoms with Crippen molar-refractivity contribution >= 4 is 67.7 Å². The summed E-state index contributed by atoms with van der Waals surface area (Å²) in [6.45, 7) is -0.745. The Labute approximate surface area is 228 Å². The highest BCUT2D eigenvalue weighted by Crippen LogP contribution is 2.27. The first kappa shape index (κ1) is 26.9. The van der Waals surface area contributed by atoms with E-state index in [0.29, 0.717) is 21.2 Å². The Hall–Kier alpha value is -3.14. The van der Waals surface area contributed by atoms with Crippen LogP contribution in [-0.4, -0.2) is 36.5 Å². The van der Waals surface area contributed by atoms with Crippen LogP contribution in [0.5, 0.6) is 5.75 Å². The largest absolute Gasteiger partial charge is 0.507 e. The summed E-state index contributed by atoms with van der Waals surface area (Å²) in [6, 6.07) is 20.9. The van der Waals surface area contributed by atoms with E-state index in [-0.39, 0.29) is 22.2 Å². The van der Waals surface area contributed by atoms with Crippen molar-refractivity contribution in [2.24, 2.45) is 5.10 Å². The second kappa shape index (κ2) is 11.5. The molecule has 4 aromatic carbocycles. The maximum Gasteiger partial charge on any atom is 0.255 e. The number of carbonyl (C=O) groups excluding carboxylic acids is 1. The van der Waals surface area contributed by atoms with Gasteiger partial charge < -0.3 is 5.11 Å². The summed E-state index contributed by atoms with van der Waals surface area (Å²) in [6.07, 6.45) is 1.31. The lowest BCUT2D eigenvalue weighted by molar-refractivity contribution is -0.121. The molecule has 0 aliphatic carbocycles. The standard InChI is InChI=1S/C26H20Cl3N3O4S/c27-19-8-10-21(11-9-19)37(35,36)32(15-18-5-7-20(28)13-24(18)29)16-26(34)31-30-14-23-22-4-2-1-3-17(22)6-12-25(23)33/h1-14,33H,15-16H2,(H,31,34)/b30-14-. The molecule has 0 atom stereocenters. The van der Waals surface area contributed by atoms with E-state index in [0.717, 1.165) is 15.1 Å². The Balaban J connectivity index is 1.58. The first-order chi connectivity index (χ1) is 17.6. The summed E-state index contributed by atoms with van der Waals surface area (Å²) in [5, 5.41) is 16.8. The van der Waals surface area contributed by atoms with Crippen LogP contribution in [0.3, 0.4) is 0 Å². The van der Waals surface area contributed by atoms with Crippen LogP contribution >= 0.6 is 34.8 Å². The van der Waals surface area contributed by atoms with E-state index in [1.54, 1.807) is 18.2 Å². The number of carbonyl (C=O) groups is 1. The highest BCUT2D eigenvalue weighted by atomic mass is 35.5. The van der Waals surface area contributed by atoms with E-state index in [4.69, 9.17) is 34.8 Å². The molecule has 2 N–H and O–H groups in total. The van der Waals surface area contributed by atoms with Crippen LogP contribution in [-0.2, 0) is 21.4 Å². The number of nitrogens with one attached hydrogen (secondary N) is 1. The van der Waals surface area contributed by atoms with Crippen LogP contribution in [0.15, 0.2) is 88.9 Å². The molecule has 37 heavy (non-hydrogen) atoms. The number of benzene rings is 4. The third kappa shape index (κ3) is 6.41. The van der Waals surface area contributed by atoms with Crippen LogP contribution in [0.25, 0.3) is 10.8 Å². The van der Waals surface area contributed by atoms with Crippen LogP contribution in [0.4, 0.5) is 0 Å². The van der Waals surface area contributed by atoms with Gasteiger partial charge in [-0.05, 0) is 58.8 Å². The summed E-state index contributed by atoms with van der Waals surface area (Å²) < 4.78 is 27.8. The number of nitrogens with zero attached hydrogens (tertiary/aromatic N) is 2. The molecule has 11 heteroatoms. The molecule has 0 bridgehead atoms. The van der Waals surface area contributed by atoms with Gasteiger partial charge in [0.1, 0.15) is 5.75 Å². The quantitative estimate of drug-likeness (QED) is 0.203. The van der Waals surface area contributed by atoms with Gasteiger partial charge in [-0.15, -0.1) is 0 Å². The van der Waals surface area contributed by atoms with Crippen LogP contribution < -0.4 is 5.43 Å². The van der Waals surface area contributed by atoms with Crippen molar-refractivity contribution in [3.63, 3.8) is 0 Å². The minimum absolute atomic E-state index is 0.0129. The number of sulfonamides is 1. The Morgan fingerprint density at radius 2 is 1.65 bits per heavy atom. The predicted molar refractivity (Wildman–Crippen MR) is 147 cm³/mol. The van der Waals surface area contributed by atoms with E-state index in [9.17, 15) is 18.3 Å². The van der Waals surface area contributed by atoms with Crippen LogP contribution in [0, 0.1) is 0 Å². The zero-order valence-corrected chi connectivity index (χ0v) is 22.2. The van der Waals surface area contributed by atoms with Crippen molar-refractivity contribution in [3.05, 3.63) is 105 Å². The minimum Gasteiger partial charge on any atom is -0.507 e. The second-order valence-corrected chi connectivity index (χ2v) is 11.2. The second-order valence-electron chi connectivity index (χ2n) is 7.98. The smallest absolute Gasteiger partial charge is 0.255 e. The van der Waals surface area contributed by atoms with Gasteiger partial charge >= 0.3 is 0 Å². The van der Waals surface area contributed by atoms with E-state index in [1.165, 1.54) is 42.6 Å². The van der Waals surface area contributed by atoms with E-state index >= 15 is 0 Å². The summed E-state index contributed by atoms with van der Waals surface area (Å²) in [7, 11) is -4.12. The summed E-state index contributed by atoms with van der Waals surface area (Å²) >= 11 is 18.1. The normalized spacial score (nSPS) is 11.9. The maximum atomic E-state index is 13.4. The fraction of sp³-hybridized carbons (Fsp3) is 0.0769. The first-order valence-electron chi connectivity index (χ1n) is 10.9. The molecule has 0 unspecified atom stereocenters. The van der Waals surface area contributed by atoms with E-state index in [1.807, 2.05) is 24.3 Å². The molecule has 0 saturated carbocycles. The number of phenolic OH excluding ortho intramolecular Hbond substituents is 1. The van der Waals surface area contributed by atoms with Gasteiger partial charge in [0.2, 0.25) is 10.0 Å². The van der Waals surface area contributed by atoms with Gasteiger partial charge in [0.15, 0.2) is 0 Å².